The fraction of sp³-hybridized carbons (Fsp3) is 0. The number of hydrogen-bond acceptors (Lipinski definition) is 2. The maximum Gasteiger partial charge on any atom is 0.337 e. The van der Waals surface area contributed by atoms with Crippen LogP contribution in [0, 0.1) is 0 Å². The molecule has 0 atom stereocenters. The number of carbonyl (C=O) groups is 2. The zero-order chi connectivity index (χ0) is 16.1. The topological polar surface area (TPSA) is 66.4 Å². The monoisotopic (exact) mass is 335 g/mol. The van der Waals surface area contributed by atoms with Crippen LogP contribution < -0.4 is 5.32 Å². The second kappa shape index (κ2) is 7.11. The molecule has 0 aliphatic carbocycles. The van der Waals surface area contributed by atoms with Crippen LogP contribution in [0.4, 0.5) is 5.69 Å². The normalized spacial score (nSPS) is 10.6. The summed E-state index contributed by atoms with van der Waals surface area (Å²) in [5, 5.41) is 12.5. The molecule has 0 aliphatic rings. The Balaban J connectivity index is 2.14. The maximum absolute atomic E-state index is 11.9. The highest BCUT2D eigenvalue weighted by molar-refractivity contribution is 6.31. The van der Waals surface area contributed by atoms with Crippen LogP contribution in [0.5, 0.6) is 0 Å². The molecule has 2 N–H and O–H groups in total. The van der Waals surface area contributed by atoms with E-state index >= 15 is 0 Å². The fourth-order valence-corrected chi connectivity index (χ4v) is 2.13. The standard InChI is InChI=1S/C16H11Cl2NO3/c17-11-3-1-2-10(8-11)4-7-15(20)19-14-6-5-12(18)9-13(14)16(21)22/h1-9H,(H,19,20)(H,21,22)/b7-4+. The molecule has 0 aliphatic heterocycles. The quantitative estimate of drug-likeness (QED) is 0.816. The highest BCUT2D eigenvalue weighted by atomic mass is 35.5. The van der Waals surface area contributed by atoms with E-state index in [0.29, 0.717) is 5.02 Å². The first-order valence-corrected chi connectivity index (χ1v) is 6.99. The molecule has 2 aromatic rings. The predicted molar refractivity (Wildman–Crippen MR) is 87.5 cm³/mol. The number of nitrogens with one attached hydrogen (secondary N) is 1. The number of amides is 1. The first-order valence-electron chi connectivity index (χ1n) is 6.23. The average molecular weight is 336 g/mol. The van der Waals surface area contributed by atoms with Crippen LogP contribution >= 0.6 is 23.2 Å². The van der Waals surface area contributed by atoms with Gasteiger partial charge in [-0.3, -0.25) is 4.79 Å². The minimum Gasteiger partial charge on any atom is -0.478 e. The van der Waals surface area contributed by atoms with E-state index in [9.17, 15) is 9.59 Å². The Labute approximate surface area is 137 Å². The number of halogens is 2. The van der Waals surface area contributed by atoms with Crippen molar-refractivity contribution in [3.05, 3.63) is 69.7 Å². The molecular formula is C16H11Cl2NO3. The number of benzene rings is 2. The minimum absolute atomic E-state index is 0.0722. The number of aromatic carboxylic acids is 1. The van der Waals surface area contributed by atoms with Crippen molar-refractivity contribution < 1.29 is 14.7 Å². The Morgan fingerprint density at radius 1 is 1.05 bits per heavy atom. The molecular weight excluding hydrogens is 325 g/mol. The van der Waals surface area contributed by atoms with E-state index in [1.807, 2.05) is 0 Å². The van der Waals surface area contributed by atoms with Gasteiger partial charge in [0.15, 0.2) is 0 Å². The SMILES string of the molecule is O=C(/C=C/c1cccc(Cl)c1)Nc1ccc(Cl)cc1C(=O)O. The van der Waals surface area contributed by atoms with Crippen molar-refractivity contribution in [2.75, 3.05) is 5.32 Å². The van der Waals surface area contributed by atoms with Gasteiger partial charge in [0, 0.05) is 16.1 Å². The van der Waals surface area contributed by atoms with Gasteiger partial charge in [0.25, 0.3) is 0 Å². The zero-order valence-electron chi connectivity index (χ0n) is 11.2. The molecule has 0 fully saturated rings. The molecule has 0 heterocycles. The van der Waals surface area contributed by atoms with Crippen LogP contribution in [0.3, 0.4) is 0 Å². The number of carbonyl (C=O) groups excluding carboxylic acids is 1. The molecule has 2 rings (SSSR count). The number of anilines is 1. The summed E-state index contributed by atoms with van der Waals surface area (Å²) >= 11 is 11.6. The molecule has 6 heteroatoms. The summed E-state index contributed by atoms with van der Waals surface area (Å²) < 4.78 is 0. The molecule has 4 nitrogen and oxygen atoms in total. The van der Waals surface area contributed by atoms with Crippen molar-refractivity contribution >= 4 is 46.8 Å². The molecule has 2 aromatic carbocycles. The van der Waals surface area contributed by atoms with Gasteiger partial charge in [0.05, 0.1) is 11.3 Å². The lowest BCUT2D eigenvalue weighted by Gasteiger charge is -2.06. The molecule has 112 valence electrons. The van der Waals surface area contributed by atoms with Gasteiger partial charge in [-0.2, -0.15) is 0 Å². The van der Waals surface area contributed by atoms with E-state index in [4.69, 9.17) is 28.3 Å². The second-order valence-electron chi connectivity index (χ2n) is 4.37. The third-order valence-corrected chi connectivity index (χ3v) is 3.22. The number of rotatable bonds is 4. The number of carboxylic acid groups (broad SMARTS) is 1. The average Bonchev–Trinajstić information content (AvgIpc) is 2.47. The summed E-state index contributed by atoms with van der Waals surface area (Å²) in [6.45, 7) is 0. The van der Waals surface area contributed by atoms with Crippen LogP contribution in [0.15, 0.2) is 48.5 Å². The van der Waals surface area contributed by atoms with Crippen molar-refractivity contribution in [2.45, 2.75) is 0 Å². The Morgan fingerprint density at radius 2 is 1.77 bits per heavy atom. The third kappa shape index (κ3) is 4.35. The van der Waals surface area contributed by atoms with E-state index in [-0.39, 0.29) is 16.3 Å². The van der Waals surface area contributed by atoms with E-state index in [0.717, 1.165) is 5.56 Å². The molecule has 1 amide bonds. The lowest BCUT2D eigenvalue weighted by Crippen LogP contribution is -2.12. The zero-order valence-corrected chi connectivity index (χ0v) is 12.7. The van der Waals surface area contributed by atoms with E-state index in [1.54, 1.807) is 30.3 Å². The summed E-state index contributed by atoms with van der Waals surface area (Å²) in [4.78, 5) is 23.0. The van der Waals surface area contributed by atoms with E-state index in [1.165, 1.54) is 24.3 Å². The molecule has 0 saturated carbocycles. The number of hydrogen-bond donors (Lipinski definition) is 2. The molecule has 0 spiro atoms. The highest BCUT2D eigenvalue weighted by Crippen LogP contribution is 2.21. The smallest absolute Gasteiger partial charge is 0.337 e. The molecule has 0 unspecified atom stereocenters. The third-order valence-electron chi connectivity index (χ3n) is 2.75. The van der Waals surface area contributed by atoms with Crippen molar-refractivity contribution in [3.63, 3.8) is 0 Å². The summed E-state index contributed by atoms with van der Waals surface area (Å²) in [7, 11) is 0. The van der Waals surface area contributed by atoms with Crippen LogP contribution in [0.25, 0.3) is 6.08 Å². The van der Waals surface area contributed by atoms with Crippen LogP contribution in [-0.2, 0) is 4.79 Å². The van der Waals surface area contributed by atoms with Gasteiger partial charge in [0.1, 0.15) is 0 Å². The summed E-state index contributed by atoms with van der Waals surface area (Å²) in [6.07, 6.45) is 2.88. The summed E-state index contributed by atoms with van der Waals surface area (Å²) in [6, 6.07) is 11.2. The van der Waals surface area contributed by atoms with Gasteiger partial charge in [0.2, 0.25) is 5.91 Å². The molecule has 0 bridgehead atoms. The fourth-order valence-electron chi connectivity index (χ4n) is 1.76. The van der Waals surface area contributed by atoms with E-state index < -0.39 is 11.9 Å². The lowest BCUT2D eigenvalue weighted by atomic mass is 10.1. The maximum atomic E-state index is 11.9. The van der Waals surface area contributed by atoms with Gasteiger partial charge in [-0.05, 0) is 42.0 Å². The number of carboxylic acids is 1. The van der Waals surface area contributed by atoms with Crippen molar-refractivity contribution in [1.29, 1.82) is 0 Å². The molecule has 22 heavy (non-hydrogen) atoms. The Bertz CT molecular complexity index is 757. The van der Waals surface area contributed by atoms with Gasteiger partial charge in [-0.15, -0.1) is 0 Å². The predicted octanol–water partition coefficient (Wildman–Crippen LogP) is 4.34. The van der Waals surface area contributed by atoms with Crippen LogP contribution in [-0.4, -0.2) is 17.0 Å². The largest absolute Gasteiger partial charge is 0.478 e. The lowest BCUT2D eigenvalue weighted by molar-refractivity contribution is -0.111. The molecule has 0 radical (unpaired) electrons. The van der Waals surface area contributed by atoms with Gasteiger partial charge < -0.3 is 10.4 Å². The highest BCUT2D eigenvalue weighted by Gasteiger charge is 2.12. The van der Waals surface area contributed by atoms with Crippen molar-refractivity contribution in [3.8, 4) is 0 Å². The summed E-state index contributed by atoms with van der Waals surface area (Å²) in [5.74, 6) is -1.62. The van der Waals surface area contributed by atoms with Crippen molar-refractivity contribution in [2.24, 2.45) is 0 Å². The van der Waals surface area contributed by atoms with Gasteiger partial charge in [-0.25, -0.2) is 4.79 Å². The first kappa shape index (κ1) is 16.1. The van der Waals surface area contributed by atoms with E-state index in [2.05, 4.69) is 5.32 Å². The first-order chi connectivity index (χ1) is 10.5. The summed E-state index contributed by atoms with van der Waals surface area (Å²) in [5.41, 5.74) is 0.867. The minimum atomic E-state index is -1.17. The van der Waals surface area contributed by atoms with Crippen LogP contribution in [0.1, 0.15) is 15.9 Å². The molecule has 0 aromatic heterocycles. The Kier molecular flexibility index (Phi) is 5.20. The second-order valence-corrected chi connectivity index (χ2v) is 5.25. The van der Waals surface area contributed by atoms with Crippen molar-refractivity contribution in [1.82, 2.24) is 0 Å². The Morgan fingerprint density at radius 3 is 2.45 bits per heavy atom. The van der Waals surface area contributed by atoms with Crippen LogP contribution in [0.2, 0.25) is 10.0 Å². The van der Waals surface area contributed by atoms with Gasteiger partial charge >= 0.3 is 5.97 Å². The molecule has 0 saturated heterocycles. The van der Waals surface area contributed by atoms with Gasteiger partial charge in [-0.1, -0.05) is 35.3 Å². The Hall–Kier alpha value is -2.30.